The second-order valence-electron chi connectivity index (χ2n) is 6.37. The Labute approximate surface area is 170 Å². The fourth-order valence-corrected chi connectivity index (χ4v) is 2.77. The average molecular weight is 401 g/mol. The van der Waals surface area contributed by atoms with Crippen molar-refractivity contribution in [3.05, 3.63) is 65.5 Å². The molecule has 2 aromatic carbocycles. The number of nitrogen functional groups attached to an aromatic ring is 1. The molecule has 0 saturated heterocycles. The summed E-state index contributed by atoms with van der Waals surface area (Å²) in [5.41, 5.74) is 9.68. The number of rotatable bonds is 8. The van der Waals surface area contributed by atoms with Gasteiger partial charge in [0.25, 0.3) is 5.89 Å². The van der Waals surface area contributed by atoms with Gasteiger partial charge in [-0.3, -0.25) is 4.79 Å². The van der Waals surface area contributed by atoms with Gasteiger partial charge in [0.2, 0.25) is 5.91 Å². The van der Waals surface area contributed by atoms with Crippen molar-refractivity contribution in [2.75, 3.05) is 12.3 Å². The van der Waals surface area contributed by atoms with Crippen LogP contribution in [-0.2, 0) is 24.1 Å². The predicted octanol–water partition coefficient (Wildman–Crippen LogP) is 3.59. The monoisotopic (exact) mass is 400 g/mol. The summed E-state index contributed by atoms with van der Waals surface area (Å²) in [4.78, 5) is 16.3. The smallest absolute Gasteiger partial charge is 0.257 e. The second-order valence-corrected chi connectivity index (χ2v) is 6.37. The largest absolute Gasteiger partial charge is 0.399 e. The molecular formula is C21H25ClN4O2. The van der Waals surface area contributed by atoms with Gasteiger partial charge in [-0.05, 0) is 42.2 Å². The first-order valence-corrected chi connectivity index (χ1v) is 9.17. The van der Waals surface area contributed by atoms with E-state index in [1.165, 1.54) is 0 Å². The zero-order valence-corrected chi connectivity index (χ0v) is 16.7. The number of aryl methyl sites for hydroxylation is 2. The Hall–Kier alpha value is -2.86. The van der Waals surface area contributed by atoms with Crippen LogP contribution in [0.15, 0.2) is 53.1 Å². The van der Waals surface area contributed by atoms with Crippen LogP contribution in [0.5, 0.6) is 0 Å². The van der Waals surface area contributed by atoms with E-state index in [1.54, 1.807) is 0 Å². The van der Waals surface area contributed by atoms with Crippen LogP contribution < -0.4 is 11.1 Å². The number of carbonyl (C=O) groups is 1. The van der Waals surface area contributed by atoms with Gasteiger partial charge < -0.3 is 15.6 Å². The highest BCUT2D eigenvalue weighted by molar-refractivity contribution is 5.85. The molecule has 28 heavy (non-hydrogen) atoms. The number of nitrogens with two attached hydrogens (primary N) is 1. The van der Waals surface area contributed by atoms with Gasteiger partial charge >= 0.3 is 0 Å². The van der Waals surface area contributed by atoms with Crippen molar-refractivity contribution in [2.24, 2.45) is 0 Å². The van der Waals surface area contributed by atoms with Crippen LogP contribution in [0, 0.1) is 0 Å². The summed E-state index contributed by atoms with van der Waals surface area (Å²) in [6, 6.07) is 15.6. The van der Waals surface area contributed by atoms with Crippen molar-refractivity contribution in [1.29, 1.82) is 0 Å². The van der Waals surface area contributed by atoms with E-state index >= 15 is 0 Å². The summed E-state index contributed by atoms with van der Waals surface area (Å²) in [5, 5.41) is 6.86. The third-order valence-electron chi connectivity index (χ3n) is 4.40. The van der Waals surface area contributed by atoms with E-state index < -0.39 is 0 Å². The number of nitrogens with zero attached hydrogens (tertiary/aromatic N) is 2. The molecule has 0 bridgehead atoms. The number of halogens is 1. The molecule has 7 heteroatoms. The van der Waals surface area contributed by atoms with E-state index in [0.29, 0.717) is 31.1 Å². The lowest BCUT2D eigenvalue weighted by Gasteiger charge is -2.07. The second kappa shape index (κ2) is 10.5. The van der Waals surface area contributed by atoms with E-state index in [2.05, 4.69) is 15.5 Å². The Balaban J connectivity index is 0.00000280. The molecule has 0 unspecified atom stereocenters. The Bertz CT molecular complexity index is 893. The van der Waals surface area contributed by atoms with Crippen LogP contribution >= 0.6 is 12.4 Å². The van der Waals surface area contributed by atoms with Crippen molar-refractivity contribution in [3.8, 4) is 11.5 Å². The van der Waals surface area contributed by atoms with Crippen LogP contribution in [0.2, 0.25) is 0 Å². The zero-order valence-electron chi connectivity index (χ0n) is 15.9. The molecule has 1 amide bonds. The van der Waals surface area contributed by atoms with Gasteiger partial charge in [0.1, 0.15) is 0 Å². The molecule has 0 aliphatic heterocycles. The molecule has 3 N–H and O–H groups in total. The summed E-state index contributed by atoms with van der Waals surface area (Å²) in [6.45, 7) is 2.59. The number of hydrogen-bond donors (Lipinski definition) is 2. The van der Waals surface area contributed by atoms with Crippen molar-refractivity contribution >= 4 is 24.0 Å². The van der Waals surface area contributed by atoms with Gasteiger partial charge in [-0.15, -0.1) is 12.4 Å². The Morgan fingerprint density at radius 1 is 1.11 bits per heavy atom. The minimum atomic E-state index is 0. The first-order valence-electron chi connectivity index (χ1n) is 9.17. The lowest BCUT2D eigenvalue weighted by Crippen LogP contribution is -2.25. The normalized spacial score (nSPS) is 10.3. The Morgan fingerprint density at radius 3 is 2.54 bits per heavy atom. The maximum absolute atomic E-state index is 12.0. The SMILES string of the molecule is CCc1noc(-c2ccc(CCNC(=O)CCc3ccccc3N)cc2)n1.Cl. The molecule has 0 fully saturated rings. The fraction of sp³-hybridized carbons (Fsp3) is 0.286. The highest BCUT2D eigenvalue weighted by Crippen LogP contribution is 2.18. The van der Waals surface area contributed by atoms with Crippen LogP contribution in [0.25, 0.3) is 11.5 Å². The zero-order chi connectivity index (χ0) is 19.1. The number of para-hydroxylation sites is 1. The number of benzene rings is 2. The molecule has 0 radical (unpaired) electrons. The number of hydrogen-bond acceptors (Lipinski definition) is 5. The minimum absolute atomic E-state index is 0. The molecule has 0 spiro atoms. The molecule has 6 nitrogen and oxygen atoms in total. The molecule has 1 heterocycles. The third kappa shape index (κ3) is 5.82. The summed E-state index contributed by atoms with van der Waals surface area (Å²) in [5.74, 6) is 1.27. The third-order valence-corrected chi connectivity index (χ3v) is 4.40. The van der Waals surface area contributed by atoms with Crippen molar-refractivity contribution in [1.82, 2.24) is 15.5 Å². The first-order chi connectivity index (χ1) is 13.2. The highest BCUT2D eigenvalue weighted by Gasteiger charge is 2.08. The van der Waals surface area contributed by atoms with E-state index in [1.807, 2.05) is 55.5 Å². The molecule has 1 aromatic heterocycles. The van der Waals surface area contributed by atoms with Gasteiger partial charge in [-0.25, -0.2) is 0 Å². The van der Waals surface area contributed by atoms with Crippen LogP contribution in [-0.4, -0.2) is 22.6 Å². The lowest BCUT2D eigenvalue weighted by atomic mass is 10.1. The standard InChI is InChI=1S/C21H24N4O2.ClH/c1-2-19-24-21(27-25-19)17-9-7-15(8-10-17)13-14-23-20(26)12-11-16-5-3-4-6-18(16)22;/h3-10H,2,11-14,22H2,1H3,(H,23,26);1H. The fourth-order valence-electron chi connectivity index (χ4n) is 2.77. The van der Waals surface area contributed by atoms with Gasteiger partial charge in [-0.1, -0.05) is 42.4 Å². The molecule has 0 aliphatic carbocycles. The summed E-state index contributed by atoms with van der Waals surface area (Å²) in [6.07, 6.45) is 2.60. The minimum Gasteiger partial charge on any atom is -0.399 e. The summed E-state index contributed by atoms with van der Waals surface area (Å²) < 4.78 is 5.24. The molecule has 0 saturated carbocycles. The molecule has 0 atom stereocenters. The quantitative estimate of drug-likeness (QED) is 0.563. The number of anilines is 1. The Kier molecular flexibility index (Phi) is 8.02. The molecule has 3 rings (SSSR count). The molecular weight excluding hydrogens is 376 g/mol. The van der Waals surface area contributed by atoms with E-state index in [4.69, 9.17) is 10.3 Å². The van der Waals surface area contributed by atoms with E-state index in [0.717, 1.165) is 35.2 Å². The van der Waals surface area contributed by atoms with Crippen molar-refractivity contribution in [3.63, 3.8) is 0 Å². The maximum Gasteiger partial charge on any atom is 0.257 e. The van der Waals surface area contributed by atoms with Crippen molar-refractivity contribution in [2.45, 2.75) is 32.6 Å². The first kappa shape index (κ1) is 21.4. The van der Waals surface area contributed by atoms with Gasteiger partial charge in [-0.2, -0.15) is 4.98 Å². The van der Waals surface area contributed by atoms with Crippen LogP contribution in [0.3, 0.4) is 0 Å². The molecule has 3 aromatic rings. The predicted molar refractivity (Wildman–Crippen MR) is 112 cm³/mol. The van der Waals surface area contributed by atoms with Crippen molar-refractivity contribution < 1.29 is 9.32 Å². The van der Waals surface area contributed by atoms with E-state index in [9.17, 15) is 4.79 Å². The average Bonchev–Trinajstić information content (AvgIpc) is 3.17. The topological polar surface area (TPSA) is 94.0 Å². The molecule has 0 aliphatic rings. The highest BCUT2D eigenvalue weighted by atomic mass is 35.5. The van der Waals surface area contributed by atoms with Crippen LogP contribution in [0.4, 0.5) is 5.69 Å². The lowest BCUT2D eigenvalue weighted by molar-refractivity contribution is -0.121. The van der Waals surface area contributed by atoms with Gasteiger partial charge in [0.15, 0.2) is 5.82 Å². The van der Waals surface area contributed by atoms with Gasteiger partial charge in [0, 0.05) is 30.6 Å². The van der Waals surface area contributed by atoms with Crippen LogP contribution in [0.1, 0.15) is 30.3 Å². The Morgan fingerprint density at radius 2 is 1.86 bits per heavy atom. The summed E-state index contributed by atoms with van der Waals surface area (Å²) in [7, 11) is 0. The summed E-state index contributed by atoms with van der Waals surface area (Å²) >= 11 is 0. The number of nitrogens with one attached hydrogen (secondary N) is 1. The number of carbonyl (C=O) groups excluding carboxylic acids is 1. The van der Waals surface area contributed by atoms with Gasteiger partial charge in [0.05, 0.1) is 0 Å². The maximum atomic E-state index is 12.0. The number of amides is 1. The number of aromatic nitrogens is 2. The molecule has 148 valence electrons. The van der Waals surface area contributed by atoms with E-state index in [-0.39, 0.29) is 18.3 Å².